The summed E-state index contributed by atoms with van der Waals surface area (Å²) in [6.07, 6.45) is 2.35. The normalized spacial score (nSPS) is 11.0. The molecule has 3 rings (SSSR count). The second-order valence-electron chi connectivity index (χ2n) is 6.70. The molecule has 1 amide bonds. The number of halogens is 2. The summed E-state index contributed by atoms with van der Waals surface area (Å²) in [6.45, 7) is 2.43. The first-order valence-corrected chi connectivity index (χ1v) is 11.3. The molecule has 0 bridgehead atoms. The summed E-state index contributed by atoms with van der Waals surface area (Å²) in [5, 5.41) is 12.3. The number of hydrogen-bond acceptors (Lipinski definition) is 3. The zero-order valence-electron chi connectivity index (χ0n) is 16.9. The Bertz CT molecular complexity index is 1170. The van der Waals surface area contributed by atoms with Crippen LogP contribution in [-0.2, 0) is 17.8 Å². The van der Waals surface area contributed by atoms with Crippen LogP contribution in [0.5, 0.6) is 5.75 Å². The van der Waals surface area contributed by atoms with E-state index in [4.69, 9.17) is 4.74 Å². The number of rotatable bonds is 7. The molecule has 0 aliphatic carbocycles. The topological polar surface area (TPSA) is 62.1 Å². The summed E-state index contributed by atoms with van der Waals surface area (Å²) in [7, 11) is 0. The number of para-hydroxylation sites is 1. The summed E-state index contributed by atoms with van der Waals surface area (Å²) in [5.74, 6) is 0.238. The lowest BCUT2D eigenvalue weighted by Crippen LogP contribution is -2.14. The molecule has 0 aromatic heterocycles. The van der Waals surface area contributed by atoms with E-state index in [-0.39, 0.29) is 5.57 Å². The van der Waals surface area contributed by atoms with Gasteiger partial charge in [0.1, 0.15) is 24.0 Å². The number of carbonyl (C=O) groups is 1. The number of aryl methyl sites for hydroxylation is 1. The Morgan fingerprint density at radius 3 is 2.42 bits per heavy atom. The second-order valence-corrected chi connectivity index (χ2v) is 8.41. The van der Waals surface area contributed by atoms with E-state index < -0.39 is 5.91 Å². The first-order chi connectivity index (χ1) is 15.0. The average molecular weight is 540 g/mol. The Kier molecular flexibility index (Phi) is 8.05. The molecular weight excluding hydrogens is 520 g/mol. The van der Waals surface area contributed by atoms with Gasteiger partial charge < -0.3 is 10.1 Å². The molecule has 0 aliphatic heterocycles. The number of ether oxygens (including phenoxy) is 1. The van der Waals surface area contributed by atoms with Crippen LogP contribution in [0.15, 0.2) is 81.2 Å². The van der Waals surface area contributed by atoms with Gasteiger partial charge in [0.05, 0.1) is 4.47 Å². The minimum absolute atomic E-state index is 0.0275. The van der Waals surface area contributed by atoms with Crippen molar-refractivity contribution < 1.29 is 9.53 Å². The maximum Gasteiger partial charge on any atom is 0.266 e. The Balaban J connectivity index is 1.74. The first-order valence-electron chi connectivity index (χ1n) is 9.68. The number of nitrogens with zero attached hydrogens (tertiary/aromatic N) is 1. The molecule has 0 atom stereocenters. The highest BCUT2D eigenvalue weighted by Crippen LogP contribution is 2.29. The summed E-state index contributed by atoms with van der Waals surface area (Å²) < 4.78 is 7.62. The largest absolute Gasteiger partial charge is 0.488 e. The van der Waals surface area contributed by atoms with Gasteiger partial charge in [-0.1, -0.05) is 65.3 Å². The van der Waals surface area contributed by atoms with Crippen molar-refractivity contribution in [3.05, 3.63) is 97.9 Å². The number of nitrogens with one attached hydrogen (secondary N) is 1. The molecule has 3 aromatic rings. The number of benzene rings is 3. The van der Waals surface area contributed by atoms with Crippen LogP contribution >= 0.6 is 31.9 Å². The Morgan fingerprint density at radius 2 is 1.74 bits per heavy atom. The predicted octanol–water partition coefficient (Wildman–Crippen LogP) is 6.90. The third-order valence-corrected chi connectivity index (χ3v) is 6.01. The van der Waals surface area contributed by atoms with E-state index in [0.717, 1.165) is 32.1 Å². The van der Waals surface area contributed by atoms with Gasteiger partial charge in [-0.15, -0.1) is 0 Å². The molecule has 156 valence electrons. The van der Waals surface area contributed by atoms with Gasteiger partial charge in [0.15, 0.2) is 0 Å². The third kappa shape index (κ3) is 6.06. The minimum Gasteiger partial charge on any atom is -0.488 e. The highest BCUT2D eigenvalue weighted by atomic mass is 79.9. The number of nitriles is 1. The molecule has 0 saturated carbocycles. The van der Waals surface area contributed by atoms with Crippen LogP contribution in [0.1, 0.15) is 23.6 Å². The standard InChI is InChI=1S/C25H20Br2N2O2/c1-2-18-7-4-6-10-23(18)29-25(30)20(15-28)13-17-11-12-24(22(27)14-17)31-16-19-8-3-5-9-21(19)26/h3-14H,2,16H2,1H3,(H,29,30)/b20-13+. The lowest BCUT2D eigenvalue weighted by molar-refractivity contribution is -0.112. The van der Waals surface area contributed by atoms with Gasteiger partial charge in [-0.3, -0.25) is 4.79 Å². The summed E-state index contributed by atoms with van der Waals surface area (Å²) in [4.78, 5) is 12.6. The molecular formula is C25H20Br2N2O2. The van der Waals surface area contributed by atoms with Gasteiger partial charge in [-0.25, -0.2) is 0 Å². The van der Waals surface area contributed by atoms with Gasteiger partial charge in [0.2, 0.25) is 0 Å². The van der Waals surface area contributed by atoms with E-state index in [2.05, 4.69) is 37.2 Å². The Morgan fingerprint density at radius 1 is 1.03 bits per heavy atom. The van der Waals surface area contributed by atoms with Crippen molar-refractivity contribution in [1.29, 1.82) is 5.26 Å². The second kappa shape index (κ2) is 10.9. The lowest BCUT2D eigenvalue weighted by atomic mass is 10.1. The van der Waals surface area contributed by atoms with Crippen LogP contribution in [0.2, 0.25) is 0 Å². The molecule has 3 aromatic carbocycles. The molecule has 0 saturated heterocycles. The molecule has 0 spiro atoms. The molecule has 0 unspecified atom stereocenters. The number of amides is 1. The molecule has 0 aliphatic rings. The SMILES string of the molecule is CCc1ccccc1NC(=O)/C(C#N)=C/c1ccc(OCc2ccccc2Br)c(Br)c1. The van der Waals surface area contributed by atoms with Crippen LogP contribution in [-0.4, -0.2) is 5.91 Å². The fraction of sp³-hybridized carbons (Fsp3) is 0.120. The molecule has 0 heterocycles. The van der Waals surface area contributed by atoms with Crippen molar-refractivity contribution in [1.82, 2.24) is 0 Å². The van der Waals surface area contributed by atoms with Gasteiger partial charge in [-0.05, 0) is 63.8 Å². The van der Waals surface area contributed by atoms with Crippen LogP contribution in [0.4, 0.5) is 5.69 Å². The van der Waals surface area contributed by atoms with Crippen molar-refractivity contribution >= 4 is 49.5 Å². The smallest absolute Gasteiger partial charge is 0.266 e. The van der Waals surface area contributed by atoms with Crippen molar-refractivity contribution in [2.75, 3.05) is 5.32 Å². The molecule has 31 heavy (non-hydrogen) atoms. The van der Waals surface area contributed by atoms with E-state index in [0.29, 0.717) is 18.0 Å². The van der Waals surface area contributed by atoms with Gasteiger partial charge in [-0.2, -0.15) is 5.26 Å². The van der Waals surface area contributed by atoms with Crippen LogP contribution < -0.4 is 10.1 Å². The zero-order chi connectivity index (χ0) is 22.2. The average Bonchev–Trinajstić information content (AvgIpc) is 2.78. The molecule has 6 heteroatoms. The van der Waals surface area contributed by atoms with E-state index in [9.17, 15) is 10.1 Å². The predicted molar refractivity (Wildman–Crippen MR) is 131 cm³/mol. The lowest BCUT2D eigenvalue weighted by Gasteiger charge is -2.11. The summed E-state index contributed by atoms with van der Waals surface area (Å²) in [5.41, 5.74) is 3.51. The fourth-order valence-corrected chi connectivity index (χ4v) is 3.86. The first kappa shape index (κ1) is 22.8. The highest BCUT2D eigenvalue weighted by molar-refractivity contribution is 9.10. The van der Waals surface area contributed by atoms with E-state index >= 15 is 0 Å². The Hall–Kier alpha value is -2.88. The fourth-order valence-electron chi connectivity index (χ4n) is 2.95. The maximum absolute atomic E-state index is 12.6. The molecule has 4 nitrogen and oxygen atoms in total. The molecule has 1 N–H and O–H groups in total. The highest BCUT2D eigenvalue weighted by Gasteiger charge is 2.12. The number of anilines is 1. The van der Waals surface area contributed by atoms with E-state index in [1.807, 2.05) is 79.7 Å². The van der Waals surface area contributed by atoms with E-state index in [1.165, 1.54) is 0 Å². The minimum atomic E-state index is -0.436. The van der Waals surface area contributed by atoms with Crippen LogP contribution in [0.3, 0.4) is 0 Å². The maximum atomic E-state index is 12.6. The quantitative estimate of drug-likeness (QED) is 0.262. The molecule has 0 fully saturated rings. The van der Waals surface area contributed by atoms with Crippen molar-refractivity contribution in [2.24, 2.45) is 0 Å². The summed E-state index contributed by atoms with van der Waals surface area (Å²) >= 11 is 7.02. The number of hydrogen-bond donors (Lipinski definition) is 1. The van der Waals surface area contributed by atoms with Crippen molar-refractivity contribution in [2.45, 2.75) is 20.0 Å². The summed E-state index contributed by atoms with van der Waals surface area (Å²) in [6, 6.07) is 22.9. The third-order valence-electron chi connectivity index (χ3n) is 4.62. The van der Waals surface area contributed by atoms with Crippen molar-refractivity contribution in [3.8, 4) is 11.8 Å². The zero-order valence-corrected chi connectivity index (χ0v) is 20.0. The van der Waals surface area contributed by atoms with Crippen molar-refractivity contribution in [3.63, 3.8) is 0 Å². The van der Waals surface area contributed by atoms with Gasteiger partial charge in [0, 0.05) is 15.7 Å². The van der Waals surface area contributed by atoms with Gasteiger partial charge >= 0.3 is 0 Å². The van der Waals surface area contributed by atoms with Gasteiger partial charge in [0.25, 0.3) is 5.91 Å². The monoisotopic (exact) mass is 538 g/mol. The Labute approximate surface area is 198 Å². The van der Waals surface area contributed by atoms with Crippen LogP contribution in [0, 0.1) is 11.3 Å². The molecule has 0 radical (unpaired) electrons. The van der Waals surface area contributed by atoms with E-state index in [1.54, 1.807) is 6.08 Å². The number of carbonyl (C=O) groups excluding carboxylic acids is 1. The van der Waals surface area contributed by atoms with Crippen LogP contribution in [0.25, 0.3) is 6.08 Å².